The van der Waals surface area contributed by atoms with Gasteiger partial charge < -0.3 is 10.4 Å². The van der Waals surface area contributed by atoms with Crippen molar-refractivity contribution >= 4 is 18.2 Å². The molecule has 0 aromatic carbocycles. The van der Waals surface area contributed by atoms with E-state index in [-0.39, 0.29) is 11.4 Å². The summed E-state index contributed by atoms with van der Waals surface area (Å²) < 4.78 is 0. The number of rotatable bonds is 4. The van der Waals surface area contributed by atoms with E-state index in [4.69, 9.17) is 0 Å². The summed E-state index contributed by atoms with van der Waals surface area (Å²) in [5.74, 6) is -1.14. The number of amides is 1. The Morgan fingerprint density at radius 1 is 1.26 bits per heavy atom. The molecule has 0 aliphatic rings. The first kappa shape index (κ1) is 12.7. The quantitative estimate of drug-likeness (QED) is 0.813. The fourth-order valence-electron chi connectivity index (χ4n) is 1.84. The van der Waals surface area contributed by atoms with E-state index < -0.39 is 5.97 Å². The molecule has 0 unspecified atom stereocenters. The SMILES string of the molecule is Cc1ncccc1-c1ccnc(NC=O)c1C(=O)O. The fraction of sp³-hybridized carbons (Fsp3) is 0.0769. The van der Waals surface area contributed by atoms with Crippen LogP contribution >= 0.6 is 0 Å². The van der Waals surface area contributed by atoms with Gasteiger partial charge in [0.15, 0.2) is 0 Å². The number of carboxylic acids is 1. The first-order valence-electron chi connectivity index (χ1n) is 5.49. The summed E-state index contributed by atoms with van der Waals surface area (Å²) in [6, 6.07) is 5.08. The van der Waals surface area contributed by atoms with Crippen molar-refractivity contribution in [2.75, 3.05) is 5.32 Å². The van der Waals surface area contributed by atoms with Gasteiger partial charge in [-0.05, 0) is 19.1 Å². The zero-order chi connectivity index (χ0) is 13.8. The maximum atomic E-state index is 11.4. The van der Waals surface area contributed by atoms with Crippen LogP contribution in [0.2, 0.25) is 0 Å². The molecule has 0 saturated heterocycles. The summed E-state index contributed by atoms with van der Waals surface area (Å²) >= 11 is 0. The molecule has 6 nitrogen and oxygen atoms in total. The maximum absolute atomic E-state index is 11.4. The van der Waals surface area contributed by atoms with E-state index in [1.54, 1.807) is 31.3 Å². The Bertz CT molecular complexity index is 641. The van der Waals surface area contributed by atoms with Crippen molar-refractivity contribution in [3.8, 4) is 11.1 Å². The molecule has 1 amide bonds. The zero-order valence-corrected chi connectivity index (χ0v) is 10.1. The summed E-state index contributed by atoms with van der Waals surface area (Å²) in [5.41, 5.74) is 1.81. The fourth-order valence-corrected chi connectivity index (χ4v) is 1.84. The molecule has 0 aliphatic heterocycles. The molecule has 2 heterocycles. The lowest BCUT2D eigenvalue weighted by Crippen LogP contribution is -2.09. The molecule has 0 saturated carbocycles. The monoisotopic (exact) mass is 257 g/mol. The Hall–Kier alpha value is -2.76. The molecule has 6 heteroatoms. The first-order chi connectivity index (χ1) is 9.15. The molecule has 0 aliphatic carbocycles. The Kier molecular flexibility index (Phi) is 3.51. The summed E-state index contributed by atoms with van der Waals surface area (Å²) in [4.78, 5) is 29.9. The van der Waals surface area contributed by atoms with Crippen LogP contribution in [0.25, 0.3) is 11.1 Å². The minimum Gasteiger partial charge on any atom is -0.478 e. The van der Waals surface area contributed by atoms with Gasteiger partial charge in [0.2, 0.25) is 6.41 Å². The number of carbonyl (C=O) groups is 2. The van der Waals surface area contributed by atoms with Gasteiger partial charge in [0.05, 0.1) is 0 Å². The van der Waals surface area contributed by atoms with Crippen molar-refractivity contribution in [2.24, 2.45) is 0 Å². The van der Waals surface area contributed by atoms with E-state index in [2.05, 4.69) is 15.3 Å². The van der Waals surface area contributed by atoms with Crippen molar-refractivity contribution in [2.45, 2.75) is 6.92 Å². The highest BCUT2D eigenvalue weighted by Crippen LogP contribution is 2.29. The lowest BCUT2D eigenvalue weighted by atomic mass is 10.00. The number of nitrogens with zero attached hydrogens (tertiary/aromatic N) is 2. The number of aromatic carboxylic acids is 1. The standard InChI is InChI=1S/C13H11N3O3/c1-8-9(3-2-5-14-8)10-4-6-15-12(16-7-17)11(10)13(18)19/h2-7H,1H3,(H,18,19)(H,15,16,17). The summed E-state index contributed by atoms with van der Waals surface area (Å²) in [6.07, 6.45) is 3.47. The lowest BCUT2D eigenvalue weighted by Gasteiger charge is -2.11. The van der Waals surface area contributed by atoms with Crippen molar-refractivity contribution in [1.29, 1.82) is 0 Å². The van der Waals surface area contributed by atoms with Gasteiger partial charge in [0, 0.05) is 29.2 Å². The molecule has 0 radical (unpaired) electrons. The van der Waals surface area contributed by atoms with Crippen molar-refractivity contribution in [3.63, 3.8) is 0 Å². The average Bonchev–Trinajstić information content (AvgIpc) is 2.39. The predicted molar refractivity (Wildman–Crippen MR) is 68.9 cm³/mol. The third-order valence-corrected chi connectivity index (χ3v) is 2.66. The van der Waals surface area contributed by atoms with Crippen LogP contribution in [-0.2, 0) is 4.79 Å². The predicted octanol–water partition coefficient (Wildman–Crippen LogP) is 1.72. The van der Waals surface area contributed by atoms with E-state index >= 15 is 0 Å². The second-order valence-electron chi connectivity index (χ2n) is 3.79. The number of hydrogen-bond acceptors (Lipinski definition) is 4. The van der Waals surface area contributed by atoms with Crippen LogP contribution in [0.1, 0.15) is 16.1 Å². The number of hydrogen-bond donors (Lipinski definition) is 2. The van der Waals surface area contributed by atoms with Crippen LogP contribution in [0.15, 0.2) is 30.6 Å². The van der Waals surface area contributed by atoms with Gasteiger partial charge in [0.1, 0.15) is 11.4 Å². The minimum atomic E-state index is -1.16. The molecule has 96 valence electrons. The molecule has 0 spiro atoms. The van der Waals surface area contributed by atoms with E-state index in [1.807, 2.05) is 0 Å². The third kappa shape index (κ3) is 2.42. The average molecular weight is 257 g/mol. The highest BCUT2D eigenvalue weighted by Gasteiger charge is 2.19. The summed E-state index contributed by atoms with van der Waals surface area (Å²) in [7, 11) is 0. The molecule has 0 bridgehead atoms. The Morgan fingerprint density at radius 3 is 2.68 bits per heavy atom. The van der Waals surface area contributed by atoms with Crippen LogP contribution in [0.4, 0.5) is 5.82 Å². The van der Waals surface area contributed by atoms with E-state index in [1.165, 1.54) is 6.20 Å². The van der Waals surface area contributed by atoms with Gasteiger partial charge in [0.25, 0.3) is 0 Å². The number of carboxylic acid groups (broad SMARTS) is 1. The second kappa shape index (κ2) is 5.26. The molecule has 0 atom stereocenters. The Labute approximate surface area is 109 Å². The zero-order valence-electron chi connectivity index (χ0n) is 10.1. The molecule has 0 fully saturated rings. The number of anilines is 1. The largest absolute Gasteiger partial charge is 0.478 e. The van der Waals surface area contributed by atoms with Gasteiger partial charge >= 0.3 is 5.97 Å². The van der Waals surface area contributed by atoms with Gasteiger partial charge in [-0.25, -0.2) is 9.78 Å². The lowest BCUT2D eigenvalue weighted by molar-refractivity contribution is -0.105. The minimum absolute atomic E-state index is 0.0169. The van der Waals surface area contributed by atoms with Crippen LogP contribution in [0.5, 0.6) is 0 Å². The molecule has 2 rings (SSSR count). The van der Waals surface area contributed by atoms with Crippen LogP contribution < -0.4 is 5.32 Å². The van der Waals surface area contributed by atoms with Crippen LogP contribution in [0, 0.1) is 6.92 Å². The van der Waals surface area contributed by atoms with E-state index in [9.17, 15) is 14.7 Å². The highest BCUT2D eigenvalue weighted by atomic mass is 16.4. The number of pyridine rings is 2. The van der Waals surface area contributed by atoms with E-state index in [0.717, 1.165) is 0 Å². The van der Waals surface area contributed by atoms with Crippen molar-refractivity contribution in [3.05, 3.63) is 41.9 Å². The van der Waals surface area contributed by atoms with Crippen molar-refractivity contribution in [1.82, 2.24) is 9.97 Å². The molecular formula is C13H11N3O3. The number of aryl methyl sites for hydroxylation is 1. The maximum Gasteiger partial charge on any atom is 0.340 e. The topological polar surface area (TPSA) is 92.2 Å². The summed E-state index contributed by atoms with van der Waals surface area (Å²) in [5, 5.41) is 11.6. The second-order valence-corrected chi connectivity index (χ2v) is 3.79. The number of carbonyl (C=O) groups excluding carboxylic acids is 1. The molecular weight excluding hydrogens is 246 g/mol. The molecule has 19 heavy (non-hydrogen) atoms. The van der Waals surface area contributed by atoms with Crippen LogP contribution in [0.3, 0.4) is 0 Å². The van der Waals surface area contributed by atoms with Crippen LogP contribution in [-0.4, -0.2) is 27.5 Å². The Morgan fingerprint density at radius 2 is 2.05 bits per heavy atom. The van der Waals surface area contributed by atoms with Gasteiger partial charge in [-0.2, -0.15) is 0 Å². The highest BCUT2D eigenvalue weighted by molar-refractivity contribution is 6.02. The number of nitrogens with one attached hydrogen (secondary N) is 1. The first-order valence-corrected chi connectivity index (χ1v) is 5.49. The smallest absolute Gasteiger partial charge is 0.340 e. The summed E-state index contributed by atoms with van der Waals surface area (Å²) in [6.45, 7) is 1.79. The normalized spacial score (nSPS) is 9.95. The molecule has 2 N–H and O–H groups in total. The van der Waals surface area contributed by atoms with Crippen molar-refractivity contribution < 1.29 is 14.7 Å². The third-order valence-electron chi connectivity index (χ3n) is 2.66. The van der Waals surface area contributed by atoms with Gasteiger partial charge in [-0.3, -0.25) is 9.78 Å². The van der Waals surface area contributed by atoms with Gasteiger partial charge in [-0.1, -0.05) is 6.07 Å². The molecule has 2 aromatic rings. The Balaban J connectivity index is 2.70. The van der Waals surface area contributed by atoms with E-state index in [0.29, 0.717) is 23.2 Å². The number of aromatic nitrogens is 2. The van der Waals surface area contributed by atoms with Gasteiger partial charge in [-0.15, -0.1) is 0 Å². The molecule has 2 aromatic heterocycles.